The van der Waals surface area contributed by atoms with Crippen LogP contribution in [-0.2, 0) is 4.79 Å². The van der Waals surface area contributed by atoms with Gasteiger partial charge in [-0.05, 0) is 31.6 Å². The van der Waals surface area contributed by atoms with E-state index in [1.54, 1.807) is 0 Å². The molecule has 1 aliphatic carbocycles. The summed E-state index contributed by atoms with van der Waals surface area (Å²) >= 11 is 0. The highest BCUT2D eigenvalue weighted by Crippen LogP contribution is 2.27. The van der Waals surface area contributed by atoms with E-state index >= 15 is 0 Å². The van der Waals surface area contributed by atoms with Gasteiger partial charge in [0.2, 0.25) is 5.91 Å². The van der Waals surface area contributed by atoms with Crippen LogP contribution in [0.25, 0.3) is 0 Å². The van der Waals surface area contributed by atoms with Crippen LogP contribution in [0.5, 0.6) is 0 Å². The van der Waals surface area contributed by atoms with Gasteiger partial charge in [-0.15, -0.1) is 0 Å². The Hall–Kier alpha value is -0.570. The third-order valence-corrected chi connectivity index (χ3v) is 4.52. The zero-order valence-electron chi connectivity index (χ0n) is 11.7. The Morgan fingerprint density at radius 2 is 2.06 bits per heavy atom. The van der Waals surface area contributed by atoms with Gasteiger partial charge in [0.1, 0.15) is 0 Å². The van der Waals surface area contributed by atoms with Gasteiger partial charge < -0.3 is 10.6 Å². The van der Waals surface area contributed by atoms with Crippen LogP contribution in [0.2, 0.25) is 0 Å². The molecule has 2 N–H and O–H groups in total. The van der Waals surface area contributed by atoms with E-state index in [0.717, 1.165) is 18.9 Å². The molecule has 1 heterocycles. The van der Waals surface area contributed by atoms with Crippen LogP contribution in [0, 0.1) is 5.92 Å². The van der Waals surface area contributed by atoms with Crippen molar-refractivity contribution < 1.29 is 4.79 Å². The van der Waals surface area contributed by atoms with E-state index < -0.39 is 0 Å². The Kier molecular flexibility index (Phi) is 5.48. The van der Waals surface area contributed by atoms with Crippen LogP contribution in [0.1, 0.15) is 64.7 Å². The fraction of sp³-hybridized carbons (Fsp3) is 0.933. The average molecular weight is 252 g/mol. The van der Waals surface area contributed by atoms with E-state index in [-0.39, 0.29) is 5.91 Å². The molecule has 3 atom stereocenters. The van der Waals surface area contributed by atoms with Crippen molar-refractivity contribution >= 4 is 5.91 Å². The fourth-order valence-electron chi connectivity index (χ4n) is 3.45. The average Bonchev–Trinajstić information content (AvgIpc) is 2.59. The molecule has 1 saturated heterocycles. The van der Waals surface area contributed by atoms with E-state index in [1.807, 2.05) is 0 Å². The minimum Gasteiger partial charge on any atom is -0.355 e. The first-order valence-electron chi connectivity index (χ1n) is 7.80. The third kappa shape index (κ3) is 4.27. The largest absolute Gasteiger partial charge is 0.355 e. The van der Waals surface area contributed by atoms with E-state index in [4.69, 9.17) is 0 Å². The van der Waals surface area contributed by atoms with Gasteiger partial charge in [0.05, 0.1) is 0 Å². The van der Waals surface area contributed by atoms with Gasteiger partial charge in [-0.3, -0.25) is 4.79 Å². The Morgan fingerprint density at radius 1 is 1.17 bits per heavy atom. The molecule has 18 heavy (non-hydrogen) atoms. The highest BCUT2D eigenvalue weighted by Gasteiger charge is 2.23. The lowest BCUT2D eigenvalue weighted by atomic mass is 9.95. The number of nitrogens with one attached hydrogen (secondary N) is 2. The molecule has 104 valence electrons. The molecule has 2 rings (SSSR count). The van der Waals surface area contributed by atoms with Crippen molar-refractivity contribution in [3.8, 4) is 0 Å². The molecular formula is C15H28N2O. The molecular weight excluding hydrogens is 224 g/mol. The number of hydrogen-bond acceptors (Lipinski definition) is 2. The molecule has 1 saturated carbocycles. The molecule has 2 fully saturated rings. The van der Waals surface area contributed by atoms with Gasteiger partial charge in [-0.1, -0.05) is 32.6 Å². The molecule has 0 aromatic heterocycles. The fourth-order valence-corrected chi connectivity index (χ4v) is 3.45. The van der Waals surface area contributed by atoms with Crippen LogP contribution in [0.4, 0.5) is 0 Å². The topological polar surface area (TPSA) is 41.1 Å². The molecule has 2 aliphatic rings. The van der Waals surface area contributed by atoms with Gasteiger partial charge in [0.25, 0.3) is 0 Å². The van der Waals surface area contributed by atoms with Crippen molar-refractivity contribution in [3.63, 3.8) is 0 Å². The Morgan fingerprint density at radius 3 is 2.78 bits per heavy atom. The third-order valence-electron chi connectivity index (χ3n) is 4.52. The maximum absolute atomic E-state index is 11.1. The van der Waals surface area contributed by atoms with Crippen LogP contribution < -0.4 is 10.6 Å². The summed E-state index contributed by atoms with van der Waals surface area (Å²) in [4.78, 5) is 11.1. The van der Waals surface area contributed by atoms with E-state index in [2.05, 4.69) is 17.6 Å². The van der Waals surface area contributed by atoms with Crippen molar-refractivity contribution in [3.05, 3.63) is 0 Å². The molecule has 0 aromatic rings. The van der Waals surface area contributed by atoms with Crippen LogP contribution in [0.15, 0.2) is 0 Å². The normalized spacial score (nSPS) is 33.8. The van der Waals surface area contributed by atoms with Crippen molar-refractivity contribution in [2.24, 2.45) is 5.92 Å². The Bertz CT molecular complexity index is 257. The first kappa shape index (κ1) is 13.9. The molecule has 0 aromatic carbocycles. The van der Waals surface area contributed by atoms with Crippen molar-refractivity contribution in [1.29, 1.82) is 0 Å². The quantitative estimate of drug-likeness (QED) is 0.755. The van der Waals surface area contributed by atoms with Gasteiger partial charge in [0.15, 0.2) is 0 Å². The molecule has 0 radical (unpaired) electrons. The molecule has 0 bridgehead atoms. The van der Waals surface area contributed by atoms with Gasteiger partial charge in [0, 0.05) is 25.0 Å². The minimum atomic E-state index is 0.219. The highest BCUT2D eigenvalue weighted by molar-refractivity contribution is 5.76. The predicted molar refractivity (Wildman–Crippen MR) is 74.4 cm³/mol. The van der Waals surface area contributed by atoms with E-state index in [9.17, 15) is 4.79 Å². The van der Waals surface area contributed by atoms with Crippen LogP contribution >= 0.6 is 0 Å². The van der Waals surface area contributed by atoms with Crippen LogP contribution in [-0.4, -0.2) is 24.5 Å². The molecule has 3 heteroatoms. The van der Waals surface area contributed by atoms with Gasteiger partial charge in [-0.2, -0.15) is 0 Å². The monoisotopic (exact) mass is 252 g/mol. The van der Waals surface area contributed by atoms with Crippen LogP contribution in [0.3, 0.4) is 0 Å². The number of carbonyl (C=O) groups is 1. The Balaban J connectivity index is 1.71. The summed E-state index contributed by atoms with van der Waals surface area (Å²) in [5.74, 6) is 1.18. The summed E-state index contributed by atoms with van der Waals surface area (Å²) in [7, 11) is 0. The summed E-state index contributed by atoms with van der Waals surface area (Å²) in [5.41, 5.74) is 0. The molecule has 1 aliphatic heterocycles. The lowest BCUT2D eigenvalue weighted by molar-refractivity contribution is -0.122. The summed E-state index contributed by atoms with van der Waals surface area (Å²) in [5, 5.41) is 6.73. The number of carbonyl (C=O) groups excluding carboxylic acids is 1. The number of hydrogen-bond donors (Lipinski definition) is 2. The predicted octanol–water partition coefficient (Wildman–Crippen LogP) is 2.60. The standard InChI is InChI=1S/C15H28N2O/c1-2-4-12-5-3-6-13(8-7-12)17-14-9-10-15(18)16-11-14/h12-14,17H,2-11H2,1H3,(H,16,18). The van der Waals surface area contributed by atoms with Gasteiger partial charge in [-0.25, -0.2) is 0 Å². The Labute approximate surface area is 111 Å². The lowest BCUT2D eigenvalue weighted by Gasteiger charge is -2.28. The summed E-state index contributed by atoms with van der Waals surface area (Å²) in [6.07, 6.45) is 11.3. The van der Waals surface area contributed by atoms with E-state index in [0.29, 0.717) is 18.5 Å². The SMILES string of the molecule is CCCC1CCCC(NC2CCC(=O)NC2)CC1. The first-order valence-corrected chi connectivity index (χ1v) is 7.80. The number of rotatable bonds is 4. The zero-order valence-corrected chi connectivity index (χ0v) is 11.7. The summed E-state index contributed by atoms with van der Waals surface area (Å²) < 4.78 is 0. The zero-order chi connectivity index (χ0) is 12.8. The van der Waals surface area contributed by atoms with E-state index in [1.165, 1.54) is 44.9 Å². The maximum atomic E-state index is 11.1. The summed E-state index contributed by atoms with van der Waals surface area (Å²) in [6, 6.07) is 1.20. The molecule has 3 nitrogen and oxygen atoms in total. The lowest BCUT2D eigenvalue weighted by Crippen LogP contribution is -2.49. The molecule has 1 amide bonds. The second-order valence-corrected chi connectivity index (χ2v) is 6.07. The van der Waals surface area contributed by atoms with Crippen molar-refractivity contribution in [1.82, 2.24) is 10.6 Å². The second-order valence-electron chi connectivity index (χ2n) is 6.07. The van der Waals surface area contributed by atoms with Crippen molar-refractivity contribution in [2.45, 2.75) is 76.8 Å². The first-order chi connectivity index (χ1) is 8.78. The summed E-state index contributed by atoms with van der Waals surface area (Å²) in [6.45, 7) is 3.12. The minimum absolute atomic E-state index is 0.219. The second kappa shape index (κ2) is 7.13. The maximum Gasteiger partial charge on any atom is 0.220 e. The number of amides is 1. The smallest absolute Gasteiger partial charge is 0.220 e. The highest BCUT2D eigenvalue weighted by atomic mass is 16.1. The molecule has 0 spiro atoms. The number of piperidine rings is 1. The van der Waals surface area contributed by atoms with Crippen molar-refractivity contribution in [2.75, 3.05) is 6.54 Å². The van der Waals surface area contributed by atoms with Gasteiger partial charge >= 0.3 is 0 Å². The molecule has 3 unspecified atom stereocenters.